The van der Waals surface area contributed by atoms with Crippen LogP contribution in [0.4, 0.5) is 5.82 Å². The molecule has 3 rings (SSSR count). The Morgan fingerprint density at radius 2 is 1.84 bits per heavy atom. The molecule has 1 amide bonds. The number of carbonyl (C=O) groups is 1. The minimum absolute atomic E-state index is 0.224. The molecule has 1 aromatic carbocycles. The van der Waals surface area contributed by atoms with Crippen LogP contribution in [-0.4, -0.2) is 24.0 Å². The first kappa shape index (κ1) is 18.0. The van der Waals surface area contributed by atoms with Crippen molar-refractivity contribution in [2.75, 3.05) is 18.0 Å². The average Bonchev–Trinajstić information content (AvgIpc) is 2.89. The number of rotatable bonds is 4. The van der Waals surface area contributed by atoms with Crippen LogP contribution in [0.15, 0.2) is 36.5 Å². The number of nitrogens with zero attached hydrogens (tertiary/aromatic N) is 2. The molecule has 4 nitrogen and oxygen atoms in total. The summed E-state index contributed by atoms with van der Waals surface area (Å²) >= 11 is 11.9. The fourth-order valence-corrected chi connectivity index (χ4v) is 3.45. The number of pyridine rings is 1. The number of anilines is 1. The molecule has 0 unspecified atom stereocenters. The molecule has 1 fully saturated rings. The molecule has 0 bridgehead atoms. The monoisotopic (exact) mass is 377 g/mol. The molecule has 0 spiro atoms. The van der Waals surface area contributed by atoms with E-state index in [1.54, 1.807) is 18.2 Å². The Morgan fingerprint density at radius 1 is 1.08 bits per heavy atom. The minimum Gasteiger partial charge on any atom is -0.357 e. The van der Waals surface area contributed by atoms with E-state index in [1.165, 1.54) is 25.7 Å². The molecule has 1 N–H and O–H groups in total. The number of benzene rings is 1. The number of nitrogens with one attached hydrogen (secondary N) is 1. The number of carbonyl (C=O) groups excluding carboxylic acids is 1. The lowest BCUT2D eigenvalue weighted by atomic mass is 10.2. The van der Waals surface area contributed by atoms with E-state index in [1.807, 2.05) is 18.3 Å². The molecule has 132 valence electrons. The van der Waals surface area contributed by atoms with Gasteiger partial charge < -0.3 is 10.2 Å². The third-order valence-corrected chi connectivity index (χ3v) is 4.92. The molecular weight excluding hydrogens is 357 g/mol. The van der Waals surface area contributed by atoms with Crippen molar-refractivity contribution < 1.29 is 4.79 Å². The van der Waals surface area contributed by atoms with E-state index in [2.05, 4.69) is 15.2 Å². The summed E-state index contributed by atoms with van der Waals surface area (Å²) < 4.78 is 0. The second kappa shape index (κ2) is 8.54. The smallest absolute Gasteiger partial charge is 0.253 e. The fraction of sp³-hybridized carbons (Fsp3) is 0.368. The van der Waals surface area contributed by atoms with Crippen molar-refractivity contribution in [3.05, 3.63) is 57.7 Å². The first-order chi connectivity index (χ1) is 12.1. The number of hydrogen-bond donors (Lipinski definition) is 1. The Morgan fingerprint density at radius 3 is 2.48 bits per heavy atom. The van der Waals surface area contributed by atoms with Gasteiger partial charge in [-0.25, -0.2) is 4.98 Å². The first-order valence-electron chi connectivity index (χ1n) is 8.56. The van der Waals surface area contributed by atoms with Crippen molar-refractivity contribution in [1.29, 1.82) is 0 Å². The fourth-order valence-electron chi connectivity index (χ4n) is 2.96. The maximum absolute atomic E-state index is 12.2. The number of hydrogen-bond acceptors (Lipinski definition) is 3. The van der Waals surface area contributed by atoms with Gasteiger partial charge in [-0.05, 0) is 42.7 Å². The lowest BCUT2D eigenvalue weighted by molar-refractivity contribution is 0.0951. The Balaban J connectivity index is 1.58. The second-order valence-corrected chi connectivity index (χ2v) is 7.08. The summed E-state index contributed by atoms with van der Waals surface area (Å²) in [5, 5.41) is 3.72. The summed E-state index contributed by atoms with van der Waals surface area (Å²) in [5.74, 6) is 0.788. The van der Waals surface area contributed by atoms with Gasteiger partial charge in [0.2, 0.25) is 0 Å². The summed E-state index contributed by atoms with van der Waals surface area (Å²) in [7, 11) is 0. The highest BCUT2D eigenvalue weighted by Gasteiger charge is 2.12. The molecule has 0 aliphatic carbocycles. The Hall–Kier alpha value is -1.78. The standard InChI is InChI=1S/C19H21Cl2N3O/c20-15-6-7-16(17(21)11-15)19(25)23-13-14-5-8-18(22-12-14)24-9-3-1-2-4-10-24/h5-8,11-12H,1-4,9-10,13H2,(H,23,25). The number of aromatic nitrogens is 1. The molecule has 25 heavy (non-hydrogen) atoms. The molecule has 6 heteroatoms. The zero-order valence-corrected chi connectivity index (χ0v) is 15.5. The largest absolute Gasteiger partial charge is 0.357 e. The molecule has 0 saturated carbocycles. The highest BCUT2D eigenvalue weighted by atomic mass is 35.5. The molecule has 1 aliphatic rings. The van der Waals surface area contributed by atoms with Crippen molar-refractivity contribution >= 4 is 34.9 Å². The van der Waals surface area contributed by atoms with Crippen LogP contribution in [0, 0.1) is 0 Å². The van der Waals surface area contributed by atoms with Crippen molar-refractivity contribution in [3.63, 3.8) is 0 Å². The van der Waals surface area contributed by atoms with E-state index in [0.29, 0.717) is 22.2 Å². The Labute approximate surface area is 158 Å². The molecule has 2 heterocycles. The van der Waals surface area contributed by atoms with Gasteiger partial charge in [-0.3, -0.25) is 4.79 Å². The zero-order valence-electron chi connectivity index (χ0n) is 14.0. The van der Waals surface area contributed by atoms with Crippen LogP contribution in [-0.2, 0) is 6.54 Å². The van der Waals surface area contributed by atoms with E-state index < -0.39 is 0 Å². The highest BCUT2D eigenvalue weighted by molar-refractivity contribution is 6.36. The van der Waals surface area contributed by atoms with Crippen LogP contribution in [0.2, 0.25) is 10.0 Å². The molecule has 1 aromatic heterocycles. The number of amides is 1. The van der Waals surface area contributed by atoms with Gasteiger partial charge in [-0.2, -0.15) is 0 Å². The van der Waals surface area contributed by atoms with Crippen LogP contribution in [0.25, 0.3) is 0 Å². The van der Waals surface area contributed by atoms with E-state index in [4.69, 9.17) is 23.2 Å². The first-order valence-corrected chi connectivity index (χ1v) is 9.32. The molecular formula is C19H21Cl2N3O. The topological polar surface area (TPSA) is 45.2 Å². The third-order valence-electron chi connectivity index (χ3n) is 4.37. The van der Waals surface area contributed by atoms with E-state index in [0.717, 1.165) is 24.5 Å². The van der Waals surface area contributed by atoms with Gasteiger partial charge >= 0.3 is 0 Å². The van der Waals surface area contributed by atoms with Crippen molar-refractivity contribution in [3.8, 4) is 0 Å². The SMILES string of the molecule is O=C(NCc1ccc(N2CCCCCC2)nc1)c1ccc(Cl)cc1Cl. The second-order valence-electron chi connectivity index (χ2n) is 6.23. The summed E-state index contributed by atoms with van der Waals surface area (Å²) in [6.45, 7) is 2.54. The quantitative estimate of drug-likeness (QED) is 0.839. The van der Waals surface area contributed by atoms with Crippen LogP contribution in [0.1, 0.15) is 41.6 Å². The maximum atomic E-state index is 12.2. The lowest BCUT2D eigenvalue weighted by Crippen LogP contribution is -2.25. The van der Waals surface area contributed by atoms with Crippen molar-refractivity contribution in [1.82, 2.24) is 10.3 Å². The Bertz CT molecular complexity index is 726. The third kappa shape index (κ3) is 4.86. The van der Waals surface area contributed by atoms with E-state index in [9.17, 15) is 4.79 Å². The van der Waals surface area contributed by atoms with Gasteiger partial charge in [-0.1, -0.05) is 42.1 Å². The minimum atomic E-state index is -0.224. The molecule has 1 aliphatic heterocycles. The normalized spacial score (nSPS) is 14.9. The summed E-state index contributed by atoms with van der Waals surface area (Å²) in [6, 6.07) is 8.88. The van der Waals surface area contributed by atoms with Crippen molar-refractivity contribution in [2.45, 2.75) is 32.2 Å². The van der Waals surface area contributed by atoms with Gasteiger partial charge in [0.25, 0.3) is 5.91 Å². The average molecular weight is 378 g/mol. The van der Waals surface area contributed by atoms with Crippen molar-refractivity contribution in [2.24, 2.45) is 0 Å². The van der Waals surface area contributed by atoms with Gasteiger partial charge in [0.05, 0.1) is 10.6 Å². The van der Waals surface area contributed by atoms with E-state index in [-0.39, 0.29) is 5.91 Å². The predicted molar refractivity (Wildman–Crippen MR) is 103 cm³/mol. The maximum Gasteiger partial charge on any atom is 0.253 e. The molecule has 0 radical (unpaired) electrons. The van der Waals surface area contributed by atoms with Crippen LogP contribution in [0.5, 0.6) is 0 Å². The van der Waals surface area contributed by atoms with Crippen LogP contribution < -0.4 is 10.2 Å². The summed E-state index contributed by atoms with van der Waals surface area (Å²) in [6.07, 6.45) is 6.87. The van der Waals surface area contributed by atoms with Gasteiger partial charge in [0.15, 0.2) is 0 Å². The van der Waals surface area contributed by atoms with Gasteiger partial charge in [0.1, 0.15) is 5.82 Å². The van der Waals surface area contributed by atoms with Gasteiger partial charge in [0, 0.05) is 30.9 Å². The Kier molecular flexibility index (Phi) is 6.16. The number of halogens is 2. The highest BCUT2D eigenvalue weighted by Crippen LogP contribution is 2.21. The van der Waals surface area contributed by atoms with Crippen LogP contribution >= 0.6 is 23.2 Å². The van der Waals surface area contributed by atoms with Gasteiger partial charge in [-0.15, -0.1) is 0 Å². The molecule has 1 saturated heterocycles. The predicted octanol–water partition coefficient (Wildman–Crippen LogP) is 4.70. The summed E-state index contributed by atoms with van der Waals surface area (Å²) in [4.78, 5) is 19.1. The van der Waals surface area contributed by atoms with E-state index >= 15 is 0 Å². The summed E-state index contributed by atoms with van der Waals surface area (Å²) in [5.41, 5.74) is 1.37. The molecule has 0 atom stereocenters. The zero-order chi connectivity index (χ0) is 17.6. The molecule has 2 aromatic rings. The lowest BCUT2D eigenvalue weighted by Gasteiger charge is -2.21. The van der Waals surface area contributed by atoms with Crippen LogP contribution in [0.3, 0.4) is 0 Å².